The minimum absolute atomic E-state index is 0.166. The number of hydrogen-bond donors (Lipinski definition) is 2. The molecule has 1 aliphatic rings. The van der Waals surface area contributed by atoms with Crippen molar-refractivity contribution in [2.75, 3.05) is 20.2 Å². The number of thioether (sulfide) groups is 1. The lowest BCUT2D eigenvalue weighted by molar-refractivity contribution is -0.115. The molecule has 0 bridgehead atoms. The third kappa shape index (κ3) is 4.05. The summed E-state index contributed by atoms with van der Waals surface area (Å²) in [4.78, 5) is 12.3. The fraction of sp³-hybridized carbons (Fsp3) is 0.231. The van der Waals surface area contributed by atoms with Gasteiger partial charge in [0.25, 0.3) is 5.91 Å². The van der Waals surface area contributed by atoms with E-state index in [1.807, 2.05) is 25.2 Å². The average molecular weight is 373 g/mol. The molecule has 0 saturated carbocycles. The Morgan fingerprint density at radius 2 is 2.35 bits per heavy atom. The highest BCUT2D eigenvalue weighted by molar-refractivity contribution is 9.10. The molecule has 0 radical (unpaired) electrons. The molecule has 0 unspecified atom stereocenters. The molecule has 20 heavy (non-hydrogen) atoms. The van der Waals surface area contributed by atoms with Gasteiger partial charge < -0.3 is 15.4 Å². The van der Waals surface area contributed by atoms with Crippen molar-refractivity contribution in [3.8, 4) is 5.75 Å². The fourth-order valence-corrected chi connectivity index (χ4v) is 3.00. The van der Waals surface area contributed by atoms with Crippen molar-refractivity contribution in [3.05, 3.63) is 33.1 Å². The molecule has 2 N–H and O–H groups in total. The molecule has 2 rings (SSSR count). The van der Waals surface area contributed by atoms with E-state index in [9.17, 15) is 4.79 Å². The number of carbonyl (C=O) groups excluding carboxylic acids is 1. The van der Waals surface area contributed by atoms with Crippen LogP contribution in [0.3, 0.4) is 0 Å². The smallest absolute Gasteiger partial charge is 0.263 e. The van der Waals surface area contributed by atoms with Crippen LogP contribution in [0.25, 0.3) is 6.08 Å². The number of carbonyl (C=O) groups is 1. The Bertz CT molecular complexity index is 575. The van der Waals surface area contributed by atoms with Gasteiger partial charge in [0.05, 0.1) is 4.91 Å². The van der Waals surface area contributed by atoms with Gasteiger partial charge in [-0.1, -0.05) is 39.9 Å². The van der Waals surface area contributed by atoms with Crippen LogP contribution in [-0.4, -0.2) is 30.4 Å². The Morgan fingerprint density at radius 1 is 1.55 bits per heavy atom. The first-order chi connectivity index (χ1) is 9.60. The summed E-state index contributed by atoms with van der Waals surface area (Å²) in [5.41, 5.74) is 0.845. The van der Waals surface area contributed by atoms with Gasteiger partial charge >= 0.3 is 0 Å². The molecule has 1 aliphatic heterocycles. The van der Waals surface area contributed by atoms with E-state index in [0.29, 0.717) is 15.8 Å². The van der Waals surface area contributed by atoms with Gasteiger partial charge in [-0.3, -0.25) is 4.79 Å². The number of benzene rings is 1. The number of halogens is 1. The number of nitrogens with one attached hydrogen (secondary N) is 2. The lowest BCUT2D eigenvalue weighted by atomic mass is 10.2. The second-order valence-corrected chi connectivity index (χ2v) is 6.62. The van der Waals surface area contributed by atoms with Crippen molar-refractivity contribution >= 4 is 56.2 Å². The maximum absolute atomic E-state index is 11.7. The molecule has 4 nitrogen and oxygen atoms in total. The van der Waals surface area contributed by atoms with E-state index >= 15 is 0 Å². The lowest BCUT2D eigenvalue weighted by Gasteiger charge is -2.09. The third-order valence-electron chi connectivity index (χ3n) is 2.51. The molecule has 0 aromatic heterocycles. The first kappa shape index (κ1) is 15.5. The second kappa shape index (κ2) is 7.21. The van der Waals surface area contributed by atoms with Crippen LogP contribution in [0.2, 0.25) is 0 Å². The minimum atomic E-state index is -0.166. The molecule has 0 atom stereocenters. The summed E-state index contributed by atoms with van der Waals surface area (Å²) >= 11 is 9.66. The van der Waals surface area contributed by atoms with Crippen LogP contribution >= 0.6 is 39.9 Å². The van der Waals surface area contributed by atoms with E-state index in [-0.39, 0.29) is 5.91 Å². The van der Waals surface area contributed by atoms with Crippen molar-refractivity contribution in [2.24, 2.45) is 0 Å². The van der Waals surface area contributed by atoms with Crippen LogP contribution in [-0.2, 0) is 4.79 Å². The largest absolute Gasteiger partial charge is 0.492 e. The Labute approximate surface area is 135 Å². The van der Waals surface area contributed by atoms with Crippen molar-refractivity contribution in [3.63, 3.8) is 0 Å². The molecule has 0 spiro atoms. The fourth-order valence-electron chi connectivity index (χ4n) is 1.59. The van der Waals surface area contributed by atoms with E-state index in [1.165, 1.54) is 11.8 Å². The van der Waals surface area contributed by atoms with Crippen LogP contribution in [0, 0.1) is 0 Å². The van der Waals surface area contributed by atoms with E-state index in [0.717, 1.165) is 22.3 Å². The van der Waals surface area contributed by atoms with Gasteiger partial charge in [-0.2, -0.15) is 0 Å². The van der Waals surface area contributed by atoms with Crippen molar-refractivity contribution in [2.45, 2.75) is 0 Å². The number of likely N-dealkylation sites (N-methyl/N-ethyl adjacent to an activating group) is 1. The highest BCUT2D eigenvalue weighted by atomic mass is 79.9. The number of rotatable bonds is 5. The zero-order valence-corrected chi connectivity index (χ0v) is 14.0. The van der Waals surface area contributed by atoms with Gasteiger partial charge in [-0.05, 0) is 31.3 Å². The molecule has 1 amide bonds. The summed E-state index contributed by atoms with van der Waals surface area (Å²) in [6, 6.07) is 5.70. The summed E-state index contributed by atoms with van der Waals surface area (Å²) in [7, 11) is 1.87. The van der Waals surface area contributed by atoms with Crippen LogP contribution in [0.5, 0.6) is 5.75 Å². The molecule has 1 aromatic rings. The Balaban J connectivity index is 2.25. The van der Waals surface area contributed by atoms with Gasteiger partial charge in [-0.15, -0.1) is 0 Å². The van der Waals surface area contributed by atoms with E-state index in [4.69, 9.17) is 17.0 Å². The normalized spacial score (nSPS) is 16.6. The SMILES string of the molecule is CNCCOc1ccc(Br)cc1/C=C1/SC(=S)NC1=O. The standard InChI is InChI=1S/C13H13BrN2O2S2/c1-15-4-5-18-10-3-2-9(14)6-8(10)7-11-12(17)16-13(19)20-11/h2-3,6-7,15H,4-5H2,1H3,(H,16,17,19)/b11-7+. The maximum atomic E-state index is 11.7. The molecule has 0 aliphatic carbocycles. The lowest BCUT2D eigenvalue weighted by Crippen LogP contribution is -2.17. The monoisotopic (exact) mass is 372 g/mol. The number of hydrogen-bond acceptors (Lipinski definition) is 5. The van der Waals surface area contributed by atoms with Gasteiger partial charge in [0, 0.05) is 16.6 Å². The van der Waals surface area contributed by atoms with Crippen LogP contribution in [0.4, 0.5) is 0 Å². The second-order valence-electron chi connectivity index (χ2n) is 3.99. The summed E-state index contributed by atoms with van der Waals surface area (Å²) in [6.07, 6.45) is 1.79. The quantitative estimate of drug-likeness (QED) is 0.472. The summed E-state index contributed by atoms with van der Waals surface area (Å²) in [5.74, 6) is 0.573. The van der Waals surface area contributed by atoms with E-state index in [2.05, 4.69) is 26.6 Å². The van der Waals surface area contributed by atoms with E-state index < -0.39 is 0 Å². The minimum Gasteiger partial charge on any atom is -0.492 e. The van der Waals surface area contributed by atoms with Gasteiger partial charge in [0.1, 0.15) is 16.7 Å². The summed E-state index contributed by atoms with van der Waals surface area (Å²) in [5, 5.41) is 5.62. The zero-order chi connectivity index (χ0) is 14.5. The Kier molecular flexibility index (Phi) is 5.59. The van der Waals surface area contributed by atoms with Gasteiger partial charge in [-0.25, -0.2) is 0 Å². The molecule has 1 fully saturated rings. The van der Waals surface area contributed by atoms with Crippen LogP contribution in [0.15, 0.2) is 27.6 Å². The molecule has 106 valence electrons. The topological polar surface area (TPSA) is 50.4 Å². The van der Waals surface area contributed by atoms with Crippen molar-refractivity contribution < 1.29 is 9.53 Å². The predicted molar refractivity (Wildman–Crippen MR) is 89.9 cm³/mol. The van der Waals surface area contributed by atoms with Crippen LogP contribution in [0.1, 0.15) is 5.56 Å². The van der Waals surface area contributed by atoms with E-state index in [1.54, 1.807) is 6.08 Å². The number of amides is 1. The highest BCUT2D eigenvalue weighted by Gasteiger charge is 2.22. The number of ether oxygens (including phenoxy) is 1. The number of thiocarbonyl (C=S) groups is 1. The first-order valence-corrected chi connectivity index (χ1v) is 7.93. The van der Waals surface area contributed by atoms with Crippen LogP contribution < -0.4 is 15.4 Å². The summed E-state index contributed by atoms with van der Waals surface area (Å²) < 4.78 is 7.11. The molecule has 1 heterocycles. The predicted octanol–water partition coefficient (Wildman–Crippen LogP) is 2.54. The highest BCUT2D eigenvalue weighted by Crippen LogP contribution is 2.31. The van der Waals surface area contributed by atoms with Gasteiger partial charge in [0.2, 0.25) is 0 Å². The van der Waals surface area contributed by atoms with Crippen molar-refractivity contribution in [1.29, 1.82) is 0 Å². The zero-order valence-electron chi connectivity index (χ0n) is 10.7. The average Bonchev–Trinajstić information content (AvgIpc) is 2.71. The first-order valence-electron chi connectivity index (χ1n) is 5.92. The molecular formula is C13H13BrN2O2S2. The molecular weight excluding hydrogens is 360 g/mol. The molecule has 1 aromatic carbocycles. The molecule has 7 heteroatoms. The van der Waals surface area contributed by atoms with Crippen molar-refractivity contribution in [1.82, 2.24) is 10.6 Å². The Morgan fingerprint density at radius 3 is 3.00 bits per heavy atom. The summed E-state index contributed by atoms with van der Waals surface area (Å²) in [6.45, 7) is 1.32. The molecule has 1 saturated heterocycles. The Hall–Kier alpha value is -0.890. The van der Waals surface area contributed by atoms with Gasteiger partial charge in [0.15, 0.2) is 0 Å². The maximum Gasteiger partial charge on any atom is 0.263 e. The third-order valence-corrected chi connectivity index (χ3v) is 4.17.